The van der Waals surface area contributed by atoms with E-state index < -0.39 is 0 Å². The molecular formula is C12H15N3O2. The number of benzene rings is 1. The first-order valence-electron chi connectivity index (χ1n) is 5.48. The van der Waals surface area contributed by atoms with Crippen molar-refractivity contribution in [3.8, 4) is 5.75 Å². The highest BCUT2D eigenvalue weighted by atomic mass is 16.5. The van der Waals surface area contributed by atoms with Gasteiger partial charge in [0.25, 0.3) is 0 Å². The van der Waals surface area contributed by atoms with Crippen LogP contribution in [0.15, 0.2) is 28.7 Å². The fourth-order valence-electron chi connectivity index (χ4n) is 1.46. The van der Waals surface area contributed by atoms with Crippen molar-refractivity contribution in [3.63, 3.8) is 0 Å². The Bertz CT molecular complexity index is 465. The molecule has 1 aromatic heterocycles. The van der Waals surface area contributed by atoms with Gasteiger partial charge in [0.1, 0.15) is 12.4 Å². The van der Waals surface area contributed by atoms with E-state index in [4.69, 9.17) is 14.9 Å². The van der Waals surface area contributed by atoms with Crippen molar-refractivity contribution >= 4 is 0 Å². The molecule has 0 saturated carbocycles. The topological polar surface area (TPSA) is 74.2 Å². The Labute approximate surface area is 99.6 Å². The zero-order chi connectivity index (χ0) is 12.1. The SMILES string of the molecule is Cc1nnc(Cc2ccc(OCCN)cc2)o1. The van der Waals surface area contributed by atoms with Crippen LogP contribution in [-0.4, -0.2) is 23.3 Å². The summed E-state index contributed by atoms with van der Waals surface area (Å²) in [4.78, 5) is 0. The monoisotopic (exact) mass is 233 g/mol. The van der Waals surface area contributed by atoms with Crippen molar-refractivity contribution in [2.75, 3.05) is 13.2 Å². The molecule has 0 aliphatic carbocycles. The molecule has 0 amide bonds. The molecule has 1 aromatic carbocycles. The molecule has 0 unspecified atom stereocenters. The summed E-state index contributed by atoms with van der Waals surface area (Å²) in [5.41, 5.74) is 6.46. The van der Waals surface area contributed by atoms with Crippen LogP contribution in [-0.2, 0) is 6.42 Å². The second kappa shape index (κ2) is 5.45. The van der Waals surface area contributed by atoms with Crippen LogP contribution in [0.2, 0.25) is 0 Å². The molecule has 17 heavy (non-hydrogen) atoms. The van der Waals surface area contributed by atoms with E-state index in [1.165, 1.54) is 0 Å². The van der Waals surface area contributed by atoms with Crippen molar-refractivity contribution in [3.05, 3.63) is 41.6 Å². The van der Waals surface area contributed by atoms with Gasteiger partial charge in [-0.05, 0) is 17.7 Å². The van der Waals surface area contributed by atoms with E-state index >= 15 is 0 Å². The lowest BCUT2D eigenvalue weighted by molar-refractivity contribution is 0.328. The molecule has 0 spiro atoms. The minimum absolute atomic E-state index is 0.517. The largest absolute Gasteiger partial charge is 0.492 e. The molecule has 1 heterocycles. The minimum Gasteiger partial charge on any atom is -0.492 e. The number of hydrogen-bond donors (Lipinski definition) is 1. The zero-order valence-electron chi connectivity index (χ0n) is 9.72. The highest BCUT2D eigenvalue weighted by Crippen LogP contribution is 2.14. The van der Waals surface area contributed by atoms with Crippen LogP contribution in [0.25, 0.3) is 0 Å². The van der Waals surface area contributed by atoms with Gasteiger partial charge in [-0.3, -0.25) is 0 Å². The molecule has 0 radical (unpaired) electrons. The minimum atomic E-state index is 0.517. The van der Waals surface area contributed by atoms with Gasteiger partial charge < -0.3 is 14.9 Å². The number of aryl methyl sites for hydroxylation is 1. The Morgan fingerprint density at radius 2 is 2.00 bits per heavy atom. The lowest BCUT2D eigenvalue weighted by Gasteiger charge is -2.04. The summed E-state index contributed by atoms with van der Waals surface area (Å²) in [6.07, 6.45) is 0.637. The average molecular weight is 233 g/mol. The first-order valence-corrected chi connectivity index (χ1v) is 5.48. The number of nitrogens with two attached hydrogens (primary N) is 1. The van der Waals surface area contributed by atoms with Crippen molar-refractivity contribution in [2.24, 2.45) is 5.73 Å². The Morgan fingerprint density at radius 1 is 1.24 bits per heavy atom. The van der Waals surface area contributed by atoms with Crippen LogP contribution in [0.4, 0.5) is 0 Å². The fraction of sp³-hybridized carbons (Fsp3) is 0.333. The standard InChI is InChI=1S/C12H15N3O2/c1-9-14-15-12(17-9)8-10-2-4-11(5-3-10)16-7-6-13/h2-5H,6-8,13H2,1H3. The van der Waals surface area contributed by atoms with E-state index in [1.807, 2.05) is 24.3 Å². The normalized spacial score (nSPS) is 10.5. The maximum Gasteiger partial charge on any atom is 0.220 e. The summed E-state index contributed by atoms with van der Waals surface area (Å²) in [7, 11) is 0. The summed E-state index contributed by atoms with van der Waals surface area (Å²) < 4.78 is 10.7. The van der Waals surface area contributed by atoms with E-state index in [-0.39, 0.29) is 0 Å². The zero-order valence-corrected chi connectivity index (χ0v) is 9.72. The Hall–Kier alpha value is -1.88. The predicted molar refractivity (Wildman–Crippen MR) is 62.8 cm³/mol. The third kappa shape index (κ3) is 3.29. The maximum absolute atomic E-state index is 5.39. The maximum atomic E-state index is 5.39. The van der Waals surface area contributed by atoms with Crippen LogP contribution >= 0.6 is 0 Å². The third-order valence-electron chi connectivity index (χ3n) is 2.23. The number of ether oxygens (including phenoxy) is 1. The Kier molecular flexibility index (Phi) is 3.72. The number of aromatic nitrogens is 2. The van der Waals surface area contributed by atoms with Gasteiger partial charge in [0, 0.05) is 13.5 Å². The van der Waals surface area contributed by atoms with Gasteiger partial charge in [-0.15, -0.1) is 10.2 Å². The van der Waals surface area contributed by atoms with Gasteiger partial charge in [-0.2, -0.15) is 0 Å². The molecule has 0 atom stereocenters. The van der Waals surface area contributed by atoms with E-state index in [9.17, 15) is 0 Å². The predicted octanol–water partition coefficient (Wildman–Crippen LogP) is 1.31. The molecule has 2 N–H and O–H groups in total. The molecule has 0 fully saturated rings. The lowest BCUT2D eigenvalue weighted by Crippen LogP contribution is -2.10. The Morgan fingerprint density at radius 3 is 2.59 bits per heavy atom. The molecule has 2 aromatic rings. The molecule has 0 aliphatic heterocycles. The van der Waals surface area contributed by atoms with Crippen molar-refractivity contribution in [1.82, 2.24) is 10.2 Å². The summed E-state index contributed by atoms with van der Waals surface area (Å²) in [5, 5.41) is 7.73. The smallest absolute Gasteiger partial charge is 0.220 e. The number of nitrogens with zero attached hydrogens (tertiary/aromatic N) is 2. The van der Waals surface area contributed by atoms with Gasteiger partial charge in [-0.25, -0.2) is 0 Å². The van der Waals surface area contributed by atoms with E-state index in [0.717, 1.165) is 11.3 Å². The van der Waals surface area contributed by atoms with Crippen LogP contribution in [0.1, 0.15) is 17.3 Å². The Balaban J connectivity index is 1.98. The van der Waals surface area contributed by atoms with Gasteiger partial charge in [0.2, 0.25) is 11.8 Å². The molecule has 5 heteroatoms. The van der Waals surface area contributed by atoms with Crippen molar-refractivity contribution in [1.29, 1.82) is 0 Å². The number of rotatable bonds is 5. The quantitative estimate of drug-likeness (QED) is 0.842. The van der Waals surface area contributed by atoms with Gasteiger partial charge in [-0.1, -0.05) is 12.1 Å². The van der Waals surface area contributed by atoms with Crippen LogP contribution < -0.4 is 10.5 Å². The second-order valence-electron chi connectivity index (χ2n) is 3.67. The highest BCUT2D eigenvalue weighted by molar-refractivity contribution is 5.28. The first-order chi connectivity index (χ1) is 8.28. The molecule has 90 valence electrons. The summed E-state index contributed by atoms with van der Waals surface area (Å²) in [6.45, 7) is 2.82. The second-order valence-corrected chi connectivity index (χ2v) is 3.67. The molecule has 0 aliphatic rings. The van der Waals surface area contributed by atoms with Crippen molar-refractivity contribution < 1.29 is 9.15 Å². The third-order valence-corrected chi connectivity index (χ3v) is 2.23. The van der Waals surface area contributed by atoms with Gasteiger partial charge in [0.05, 0.1) is 6.42 Å². The summed E-state index contributed by atoms with van der Waals surface area (Å²) >= 11 is 0. The molecular weight excluding hydrogens is 218 g/mol. The van der Waals surface area contributed by atoms with Gasteiger partial charge >= 0.3 is 0 Å². The highest BCUT2D eigenvalue weighted by Gasteiger charge is 2.03. The fourth-order valence-corrected chi connectivity index (χ4v) is 1.46. The number of hydrogen-bond acceptors (Lipinski definition) is 5. The molecule has 0 bridgehead atoms. The summed E-state index contributed by atoms with van der Waals surface area (Å²) in [5.74, 6) is 2.03. The van der Waals surface area contributed by atoms with E-state index in [1.54, 1.807) is 6.92 Å². The van der Waals surface area contributed by atoms with Crippen LogP contribution in [0.5, 0.6) is 5.75 Å². The average Bonchev–Trinajstić information content (AvgIpc) is 2.74. The van der Waals surface area contributed by atoms with E-state index in [2.05, 4.69) is 10.2 Å². The molecule has 5 nitrogen and oxygen atoms in total. The van der Waals surface area contributed by atoms with E-state index in [0.29, 0.717) is 31.4 Å². The van der Waals surface area contributed by atoms with Gasteiger partial charge in [0.15, 0.2) is 0 Å². The lowest BCUT2D eigenvalue weighted by atomic mass is 10.1. The summed E-state index contributed by atoms with van der Waals surface area (Å²) in [6, 6.07) is 7.78. The van der Waals surface area contributed by atoms with Crippen LogP contribution in [0, 0.1) is 6.92 Å². The molecule has 2 rings (SSSR count). The first kappa shape index (κ1) is 11.6. The van der Waals surface area contributed by atoms with Crippen molar-refractivity contribution in [2.45, 2.75) is 13.3 Å². The molecule has 0 saturated heterocycles. The van der Waals surface area contributed by atoms with Crippen LogP contribution in [0.3, 0.4) is 0 Å².